The zero-order valence-corrected chi connectivity index (χ0v) is 13.6. The summed E-state index contributed by atoms with van der Waals surface area (Å²) in [6.45, 7) is 8.71. The number of methoxy groups -OCH3 is 1. The van der Waals surface area contributed by atoms with Crippen molar-refractivity contribution in [2.45, 2.75) is 27.2 Å². The molecule has 0 spiro atoms. The van der Waals surface area contributed by atoms with E-state index in [0.717, 1.165) is 29.6 Å². The molecule has 1 aliphatic heterocycles. The fourth-order valence-corrected chi connectivity index (χ4v) is 3.20. The SMILES string of the molecule is COc1ccc(C)cc1NC(=S)N1CC(C)CC(C)C1. The second kappa shape index (κ2) is 6.44. The Labute approximate surface area is 127 Å². The average Bonchev–Trinajstić information content (AvgIpc) is 2.37. The number of hydrogen-bond donors (Lipinski definition) is 1. The van der Waals surface area contributed by atoms with Gasteiger partial charge >= 0.3 is 0 Å². The molecule has 0 saturated carbocycles. The number of thiocarbonyl (C=S) groups is 1. The lowest BCUT2D eigenvalue weighted by Gasteiger charge is -2.36. The number of rotatable bonds is 2. The summed E-state index contributed by atoms with van der Waals surface area (Å²) in [4.78, 5) is 2.27. The van der Waals surface area contributed by atoms with E-state index in [4.69, 9.17) is 17.0 Å². The Morgan fingerprint density at radius 2 is 1.95 bits per heavy atom. The van der Waals surface area contributed by atoms with Crippen LogP contribution in [0.1, 0.15) is 25.8 Å². The van der Waals surface area contributed by atoms with Gasteiger partial charge in [0.05, 0.1) is 12.8 Å². The highest BCUT2D eigenvalue weighted by Crippen LogP contribution is 2.27. The Morgan fingerprint density at radius 3 is 2.55 bits per heavy atom. The molecule has 1 N–H and O–H groups in total. The van der Waals surface area contributed by atoms with Crippen molar-refractivity contribution in [2.24, 2.45) is 11.8 Å². The van der Waals surface area contributed by atoms with Gasteiger partial charge in [0.15, 0.2) is 5.11 Å². The largest absolute Gasteiger partial charge is 0.495 e. The average molecular weight is 292 g/mol. The first-order valence-electron chi connectivity index (χ1n) is 7.20. The van der Waals surface area contributed by atoms with E-state index in [2.05, 4.69) is 37.1 Å². The van der Waals surface area contributed by atoms with Crippen LogP contribution in [0.4, 0.5) is 5.69 Å². The Bertz CT molecular complexity index is 479. The minimum Gasteiger partial charge on any atom is -0.495 e. The van der Waals surface area contributed by atoms with Gasteiger partial charge in [0.1, 0.15) is 5.75 Å². The second-order valence-corrected chi connectivity index (χ2v) is 6.37. The first-order chi connectivity index (χ1) is 9.49. The first-order valence-corrected chi connectivity index (χ1v) is 7.61. The lowest BCUT2D eigenvalue weighted by atomic mass is 9.92. The summed E-state index contributed by atoms with van der Waals surface area (Å²) in [7, 11) is 1.68. The van der Waals surface area contributed by atoms with Gasteiger partial charge in [-0.1, -0.05) is 19.9 Å². The third-order valence-corrected chi connectivity index (χ3v) is 4.11. The van der Waals surface area contributed by atoms with Crippen LogP contribution in [0, 0.1) is 18.8 Å². The normalized spacial score (nSPS) is 22.5. The molecule has 1 heterocycles. The molecule has 1 aromatic rings. The van der Waals surface area contributed by atoms with E-state index in [0.29, 0.717) is 11.8 Å². The third kappa shape index (κ3) is 3.63. The van der Waals surface area contributed by atoms with Crippen molar-refractivity contribution in [1.82, 2.24) is 4.90 Å². The highest BCUT2D eigenvalue weighted by Gasteiger charge is 2.23. The van der Waals surface area contributed by atoms with Crippen molar-refractivity contribution in [1.29, 1.82) is 0 Å². The minimum absolute atomic E-state index is 0.693. The van der Waals surface area contributed by atoms with E-state index in [1.807, 2.05) is 12.1 Å². The molecule has 2 rings (SSSR count). The Kier molecular flexibility index (Phi) is 4.86. The monoisotopic (exact) mass is 292 g/mol. The third-order valence-electron chi connectivity index (χ3n) is 3.75. The number of anilines is 1. The van der Waals surface area contributed by atoms with E-state index >= 15 is 0 Å². The van der Waals surface area contributed by atoms with Gasteiger partial charge in [-0.25, -0.2) is 0 Å². The van der Waals surface area contributed by atoms with Gasteiger partial charge in [0.25, 0.3) is 0 Å². The van der Waals surface area contributed by atoms with Crippen molar-refractivity contribution < 1.29 is 4.74 Å². The van der Waals surface area contributed by atoms with E-state index < -0.39 is 0 Å². The summed E-state index contributed by atoms with van der Waals surface area (Å²) in [5, 5.41) is 4.14. The highest BCUT2D eigenvalue weighted by atomic mass is 32.1. The lowest BCUT2D eigenvalue weighted by Crippen LogP contribution is -2.44. The van der Waals surface area contributed by atoms with Gasteiger partial charge in [-0.2, -0.15) is 0 Å². The van der Waals surface area contributed by atoms with Gasteiger partial charge in [0, 0.05) is 13.1 Å². The zero-order chi connectivity index (χ0) is 14.7. The predicted octanol–water partition coefficient (Wildman–Crippen LogP) is 3.68. The topological polar surface area (TPSA) is 24.5 Å². The maximum atomic E-state index is 5.57. The van der Waals surface area contributed by atoms with Gasteiger partial charge in [0.2, 0.25) is 0 Å². The molecule has 3 nitrogen and oxygen atoms in total. The number of nitrogens with one attached hydrogen (secondary N) is 1. The molecule has 4 heteroatoms. The molecular weight excluding hydrogens is 268 g/mol. The van der Waals surface area contributed by atoms with Crippen molar-refractivity contribution in [2.75, 3.05) is 25.5 Å². The van der Waals surface area contributed by atoms with Crippen molar-refractivity contribution >= 4 is 23.0 Å². The van der Waals surface area contributed by atoms with Gasteiger partial charge < -0.3 is 15.0 Å². The quantitative estimate of drug-likeness (QED) is 0.841. The van der Waals surface area contributed by atoms with Crippen LogP contribution in [-0.2, 0) is 0 Å². The van der Waals surface area contributed by atoms with E-state index in [1.165, 1.54) is 12.0 Å². The van der Waals surface area contributed by atoms with Crippen LogP contribution in [-0.4, -0.2) is 30.2 Å². The van der Waals surface area contributed by atoms with Crippen molar-refractivity contribution in [3.05, 3.63) is 23.8 Å². The van der Waals surface area contributed by atoms with Crippen LogP contribution in [0.25, 0.3) is 0 Å². The maximum Gasteiger partial charge on any atom is 0.173 e. The molecule has 0 aromatic heterocycles. The molecule has 1 saturated heterocycles. The summed E-state index contributed by atoms with van der Waals surface area (Å²) in [5.41, 5.74) is 2.14. The van der Waals surface area contributed by atoms with Gasteiger partial charge in [-0.15, -0.1) is 0 Å². The Morgan fingerprint density at radius 1 is 1.30 bits per heavy atom. The zero-order valence-electron chi connectivity index (χ0n) is 12.8. The molecule has 1 aromatic carbocycles. The highest BCUT2D eigenvalue weighted by molar-refractivity contribution is 7.80. The van der Waals surface area contributed by atoms with Crippen LogP contribution in [0.15, 0.2) is 18.2 Å². The summed E-state index contributed by atoms with van der Waals surface area (Å²) >= 11 is 5.57. The number of piperidine rings is 1. The Balaban J connectivity index is 2.09. The fraction of sp³-hybridized carbons (Fsp3) is 0.562. The first kappa shape index (κ1) is 15.1. The molecule has 0 aliphatic carbocycles. The molecule has 0 bridgehead atoms. The molecule has 0 amide bonds. The molecule has 1 fully saturated rings. The molecule has 0 radical (unpaired) electrons. The van der Waals surface area contributed by atoms with Crippen molar-refractivity contribution in [3.63, 3.8) is 0 Å². The summed E-state index contributed by atoms with van der Waals surface area (Å²) in [6.07, 6.45) is 1.28. The maximum absolute atomic E-state index is 5.57. The second-order valence-electron chi connectivity index (χ2n) is 5.98. The molecular formula is C16H24N2OS. The number of hydrogen-bond acceptors (Lipinski definition) is 2. The van der Waals surface area contributed by atoms with Crippen LogP contribution >= 0.6 is 12.2 Å². The van der Waals surface area contributed by atoms with Gasteiger partial charge in [-0.05, 0) is 55.1 Å². The lowest BCUT2D eigenvalue weighted by molar-refractivity contribution is 0.216. The molecule has 110 valence electrons. The number of nitrogens with zero attached hydrogens (tertiary/aromatic N) is 1. The standard InChI is InChI=1S/C16H24N2OS/c1-11-5-6-15(19-4)14(8-11)17-16(20)18-9-12(2)7-13(3)10-18/h5-6,8,12-13H,7,9-10H2,1-4H3,(H,17,20). The van der Waals surface area contributed by atoms with E-state index in [1.54, 1.807) is 7.11 Å². The molecule has 2 atom stereocenters. The van der Waals surface area contributed by atoms with Crippen LogP contribution in [0.2, 0.25) is 0 Å². The minimum atomic E-state index is 0.693. The van der Waals surface area contributed by atoms with Crippen LogP contribution in [0.3, 0.4) is 0 Å². The number of benzene rings is 1. The number of aryl methyl sites for hydroxylation is 1. The number of ether oxygens (including phenoxy) is 1. The summed E-state index contributed by atoms with van der Waals surface area (Å²) < 4.78 is 5.39. The molecule has 2 unspecified atom stereocenters. The van der Waals surface area contributed by atoms with Crippen LogP contribution in [0.5, 0.6) is 5.75 Å². The van der Waals surface area contributed by atoms with E-state index in [9.17, 15) is 0 Å². The smallest absolute Gasteiger partial charge is 0.173 e. The fourth-order valence-electron chi connectivity index (χ4n) is 2.94. The Hall–Kier alpha value is -1.29. The van der Waals surface area contributed by atoms with Crippen LogP contribution < -0.4 is 10.1 Å². The summed E-state index contributed by atoms with van der Waals surface area (Å²) in [5.74, 6) is 2.21. The number of likely N-dealkylation sites (tertiary alicyclic amines) is 1. The van der Waals surface area contributed by atoms with Gasteiger partial charge in [-0.3, -0.25) is 0 Å². The predicted molar refractivity (Wildman–Crippen MR) is 88.5 cm³/mol. The van der Waals surface area contributed by atoms with E-state index in [-0.39, 0.29) is 0 Å². The van der Waals surface area contributed by atoms with Crippen molar-refractivity contribution in [3.8, 4) is 5.75 Å². The molecule has 1 aliphatic rings. The molecule has 20 heavy (non-hydrogen) atoms. The summed E-state index contributed by atoms with van der Waals surface area (Å²) in [6, 6.07) is 6.09.